The normalized spacial score (nSPS) is 13.2. The van der Waals surface area contributed by atoms with Crippen molar-refractivity contribution in [2.24, 2.45) is 0 Å². The minimum Gasteiger partial charge on any atom is -0.493 e. The van der Waals surface area contributed by atoms with E-state index in [9.17, 15) is 10.2 Å². The molecule has 0 aliphatic carbocycles. The van der Waals surface area contributed by atoms with Crippen molar-refractivity contribution >= 4 is 23.2 Å². The molecule has 2 N–H and O–H groups in total. The van der Waals surface area contributed by atoms with Crippen LogP contribution >= 0.6 is 23.2 Å². The van der Waals surface area contributed by atoms with E-state index in [-0.39, 0.29) is 0 Å². The maximum atomic E-state index is 10.5. The van der Waals surface area contributed by atoms with Gasteiger partial charge in [-0.3, -0.25) is 0 Å². The van der Waals surface area contributed by atoms with Crippen molar-refractivity contribution in [3.05, 3.63) is 52.0 Å². The first-order chi connectivity index (χ1) is 11.5. The van der Waals surface area contributed by atoms with E-state index >= 15 is 0 Å². The fourth-order valence-corrected chi connectivity index (χ4v) is 2.64. The molecule has 2 aromatic rings. The first-order valence-electron chi connectivity index (χ1n) is 7.12. The molecule has 130 valence electrons. The summed E-state index contributed by atoms with van der Waals surface area (Å²) in [6.45, 7) is -0.408. The molecule has 0 aromatic heterocycles. The summed E-state index contributed by atoms with van der Waals surface area (Å²) < 4.78 is 16.0. The van der Waals surface area contributed by atoms with Crippen molar-refractivity contribution in [1.82, 2.24) is 0 Å². The van der Waals surface area contributed by atoms with Crippen LogP contribution in [0.5, 0.6) is 17.2 Å². The lowest BCUT2D eigenvalue weighted by Gasteiger charge is -2.24. The molecule has 0 saturated heterocycles. The molecular formula is C17H18Cl2O5. The topological polar surface area (TPSA) is 68.2 Å². The molecule has 2 aromatic carbocycles. The molecular weight excluding hydrogens is 355 g/mol. The quantitative estimate of drug-likeness (QED) is 0.778. The molecule has 0 fully saturated rings. The molecule has 0 spiro atoms. The Kier molecular flexibility index (Phi) is 6.57. The lowest BCUT2D eigenvalue weighted by molar-refractivity contribution is 0.000723. The third kappa shape index (κ3) is 4.24. The van der Waals surface area contributed by atoms with Gasteiger partial charge in [-0.25, -0.2) is 0 Å². The highest BCUT2D eigenvalue weighted by molar-refractivity contribution is 6.35. The Bertz CT molecular complexity index is 693. The second-order valence-electron chi connectivity index (χ2n) is 4.97. The number of benzene rings is 2. The van der Waals surface area contributed by atoms with Crippen molar-refractivity contribution in [1.29, 1.82) is 0 Å². The monoisotopic (exact) mass is 372 g/mol. The fraction of sp³-hybridized carbons (Fsp3) is 0.294. The summed E-state index contributed by atoms with van der Waals surface area (Å²) in [6, 6.07) is 9.67. The summed E-state index contributed by atoms with van der Waals surface area (Å²) in [6.07, 6.45) is -2.01. The van der Waals surface area contributed by atoms with Crippen molar-refractivity contribution < 1.29 is 24.4 Å². The third-order valence-electron chi connectivity index (χ3n) is 3.45. The van der Waals surface area contributed by atoms with Crippen molar-refractivity contribution in [2.75, 3.05) is 20.8 Å². The van der Waals surface area contributed by atoms with Crippen molar-refractivity contribution in [3.8, 4) is 17.2 Å². The van der Waals surface area contributed by atoms with E-state index < -0.39 is 18.8 Å². The highest BCUT2D eigenvalue weighted by Gasteiger charge is 2.24. The van der Waals surface area contributed by atoms with E-state index in [0.717, 1.165) is 0 Å². The minimum absolute atomic E-state index is 0.292. The van der Waals surface area contributed by atoms with E-state index in [0.29, 0.717) is 32.9 Å². The Hall–Kier alpha value is -1.66. The zero-order valence-corrected chi connectivity index (χ0v) is 14.7. The van der Waals surface area contributed by atoms with Crippen LogP contribution in [0.15, 0.2) is 36.4 Å². The highest BCUT2D eigenvalue weighted by atomic mass is 35.5. The average molecular weight is 373 g/mol. The average Bonchev–Trinajstić information content (AvgIpc) is 2.60. The molecule has 2 rings (SSSR count). The number of aliphatic hydroxyl groups is 2. The van der Waals surface area contributed by atoms with Gasteiger partial charge in [0.25, 0.3) is 0 Å². The van der Waals surface area contributed by atoms with E-state index in [1.807, 2.05) is 0 Å². The van der Waals surface area contributed by atoms with Gasteiger partial charge < -0.3 is 24.4 Å². The van der Waals surface area contributed by atoms with Gasteiger partial charge in [-0.15, -0.1) is 0 Å². The summed E-state index contributed by atoms with van der Waals surface area (Å²) in [4.78, 5) is 0. The second kappa shape index (κ2) is 8.44. The smallest absolute Gasteiger partial charge is 0.161 e. The Morgan fingerprint density at radius 1 is 0.958 bits per heavy atom. The molecule has 0 amide bonds. The van der Waals surface area contributed by atoms with E-state index in [2.05, 4.69) is 0 Å². The standard InChI is InChI=1S/C17H18Cl2O5/c1-22-14-5-3-10(7-15(14)23-2)17(21)16(9-20)24-13-6-4-11(18)8-12(13)19/h3-8,16-17,20-21H,9H2,1-2H3/t16-,17+/m1/s1. The van der Waals surface area contributed by atoms with Gasteiger partial charge in [-0.05, 0) is 35.9 Å². The fourth-order valence-electron chi connectivity index (χ4n) is 2.19. The van der Waals surface area contributed by atoms with Gasteiger partial charge in [-0.1, -0.05) is 29.3 Å². The molecule has 0 radical (unpaired) electrons. The molecule has 0 heterocycles. The lowest BCUT2D eigenvalue weighted by Crippen LogP contribution is -2.29. The van der Waals surface area contributed by atoms with Crippen molar-refractivity contribution in [2.45, 2.75) is 12.2 Å². The van der Waals surface area contributed by atoms with Crippen molar-refractivity contribution in [3.63, 3.8) is 0 Å². The van der Waals surface area contributed by atoms with E-state index in [1.165, 1.54) is 20.3 Å². The van der Waals surface area contributed by atoms with Crippen LogP contribution in [0.1, 0.15) is 11.7 Å². The van der Waals surface area contributed by atoms with Crippen LogP contribution in [0, 0.1) is 0 Å². The molecule has 7 heteroatoms. The van der Waals surface area contributed by atoms with Gasteiger partial charge in [0.05, 0.1) is 25.8 Å². The Morgan fingerprint density at radius 2 is 1.62 bits per heavy atom. The summed E-state index contributed by atoms with van der Waals surface area (Å²) in [5.74, 6) is 1.32. The number of hydrogen-bond acceptors (Lipinski definition) is 5. The first kappa shape index (κ1) is 18.7. The van der Waals surface area contributed by atoms with Crippen LogP contribution < -0.4 is 14.2 Å². The third-order valence-corrected chi connectivity index (χ3v) is 3.98. The zero-order valence-electron chi connectivity index (χ0n) is 13.2. The highest BCUT2D eigenvalue weighted by Crippen LogP contribution is 2.33. The SMILES string of the molecule is COc1ccc([C@H](O)[C@@H](CO)Oc2ccc(Cl)cc2Cl)cc1OC. The van der Waals surface area contributed by atoms with Gasteiger partial charge in [0.1, 0.15) is 11.9 Å². The summed E-state index contributed by atoms with van der Waals surface area (Å²) in [5, 5.41) is 20.9. The molecule has 0 bridgehead atoms. The zero-order chi connectivity index (χ0) is 17.7. The van der Waals surface area contributed by atoms with Crippen LogP contribution in [0.25, 0.3) is 0 Å². The van der Waals surface area contributed by atoms with Gasteiger partial charge >= 0.3 is 0 Å². The Labute approximate surface area is 150 Å². The molecule has 0 unspecified atom stereocenters. The van der Waals surface area contributed by atoms with Crippen LogP contribution in [0.2, 0.25) is 10.0 Å². The Morgan fingerprint density at radius 3 is 2.21 bits per heavy atom. The number of rotatable bonds is 7. The van der Waals surface area contributed by atoms with Crippen LogP contribution in [-0.2, 0) is 0 Å². The molecule has 0 aliphatic rings. The minimum atomic E-state index is -1.10. The number of aliphatic hydroxyl groups excluding tert-OH is 2. The second-order valence-corrected chi connectivity index (χ2v) is 5.82. The lowest BCUT2D eigenvalue weighted by atomic mass is 10.0. The first-order valence-corrected chi connectivity index (χ1v) is 7.88. The number of hydrogen-bond donors (Lipinski definition) is 2. The Balaban J connectivity index is 2.23. The van der Waals surface area contributed by atoms with E-state index in [4.69, 9.17) is 37.4 Å². The molecule has 0 saturated carbocycles. The number of methoxy groups -OCH3 is 2. The van der Waals surface area contributed by atoms with Gasteiger partial charge in [-0.2, -0.15) is 0 Å². The molecule has 2 atom stereocenters. The maximum Gasteiger partial charge on any atom is 0.161 e. The van der Waals surface area contributed by atoms with Crippen LogP contribution in [-0.4, -0.2) is 37.1 Å². The number of ether oxygens (including phenoxy) is 3. The summed E-state index contributed by atoms with van der Waals surface area (Å²) >= 11 is 11.9. The van der Waals surface area contributed by atoms with Crippen LogP contribution in [0.4, 0.5) is 0 Å². The molecule has 0 aliphatic heterocycles. The van der Waals surface area contributed by atoms with E-state index in [1.54, 1.807) is 30.3 Å². The summed E-state index contributed by atoms with van der Waals surface area (Å²) in [5.41, 5.74) is 0.511. The summed E-state index contributed by atoms with van der Waals surface area (Å²) in [7, 11) is 3.03. The van der Waals surface area contributed by atoms with Crippen LogP contribution in [0.3, 0.4) is 0 Å². The maximum absolute atomic E-state index is 10.5. The van der Waals surface area contributed by atoms with Gasteiger partial charge in [0.15, 0.2) is 17.6 Å². The molecule has 5 nitrogen and oxygen atoms in total. The predicted octanol–water partition coefficient (Wildman–Crippen LogP) is 3.48. The number of halogens is 2. The largest absolute Gasteiger partial charge is 0.493 e. The molecule has 24 heavy (non-hydrogen) atoms. The predicted molar refractivity (Wildman–Crippen MR) is 92.5 cm³/mol. The van der Waals surface area contributed by atoms with Gasteiger partial charge in [0.2, 0.25) is 0 Å². The van der Waals surface area contributed by atoms with Gasteiger partial charge in [0, 0.05) is 5.02 Å².